The molecular weight excluding hydrogens is 224 g/mol. The number of piperidine rings is 3. The predicted octanol–water partition coefficient (Wildman–Crippen LogP) is 1.49. The third-order valence-electron chi connectivity index (χ3n) is 4.63. The molecule has 4 rings (SSSR count). The second kappa shape index (κ2) is 5.00. The summed E-state index contributed by atoms with van der Waals surface area (Å²) in [6, 6.07) is 8.43. The molecular formula is C15H22N2O. The van der Waals surface area contributed by atoms with Crippen LogP contribution in [0.3, 0.4) is 0 Å². The van der Waals surface area contributed by atoms with Crippen LogP contribution in [-0.2, 0) is 0 Å². The molecule has 3 nitrogen and oxygen atoms in total. The molecule has 0 saturated carbocycles. The molecule has 3 saturated heterocycles. The predicted molar refractivity (Wildman–Crippen MR) is 72.4 cm³/mol. The largest absolute Gasteiger partial charge is 0.387 e. The van der Waals surface area contributed by atoms with E-state index in [-0.39, 0.29) is 0 Å². The van der Waals surface area contributed by atoms with Crippen molar-refractivity contribution < 1.29 is 5.11 Å². The molecule has 0 spiro atoms. The lowest BCUT2D eigenvalue weighted by molar-refractivity contribution is 0.0871. The minimum absolute atomic E-state index is 0.291. The topological polar surface area (TPSA) is 49.5 Å². The molecule has 3 heteroatoms. The van der Waals surface area contributed by atoms with E-state index in [0.29, 0.717) is 12.5 Å². The highest BCUT2D eigenvalue weighted by Gasteiger charge is 2.34. The van der Waals surface area contributed by atoms with Gasteiger partial charge in [-0.05, 0) is 48.9 Å². The molecule has 0 radical (unpaired) electrons. The number of rotatable bonds is 3. The molecule has 98 valence electrons. The lowest BCUT2D eigenvalue weighted by Crippen LogP contribution is -2.46. The number of aliphatic hydroxyl groups is 1. The van der Waals surface area contributed by atoms with Crippen molar-refractivity contribution in [3.05, 3.63) is 35.4 Å². The summed E-state index contributed by atoms with van der Waals surface area (Å²) in [6.45, 7) is 4.07. The van der Waals surface area contributed by atoms with E-state index in [0.717, 1.165) is 11.5 Å². The lowest BCUT2D eigenvalue weighted by atomic mass is 9.75. The number of benzene rings is 1. The number of nitrogens with zero attached hydrogens (tertiary/aromatic N) is 1. The second-order valence-electron chi connectivity index (χ2n) is 5.66. The molecule has 0 aromatic heterocycles. The first-order valence-corrected chi connectivity index (χ1v) is 6.98. The smallest absolute Gasteiger partial charge is 0.0912 e. The summed E-state index contributed by atoms with van der Waals surface area (Å²) in [5, 5.41) is 9.70. The van der Waals surface area contributed by atoms with Crippen LogP contribution in [-0.4, -0.2) is 36.2 Å². The minimum atomic E-state index is -0.523. The van der Waals surface area contributed by atoms with Gasteiger partial charge in [-0.15, -0.1) is 0 Å². The number of fused-ring (bicyclic) bond motifs is 3. The Morgan fingerprint density at radius 1 is 1.22 bits per heavy atom. The molecule has 0 aliphatic carbocycles. The van der Waals surface area contributed by atoms with E-state index in [1.54, 1.807) is 0 Å². The molecule has 1 aromatic carbocycles. The van der Waals surface area contributed by atoms with Crippen molar-refractivity contribution in [2.75, 3.05) is 26.2 Å². The SMILES string of the molecule is NCC(O)c1ccc(C2CN3CCC2CC3)cc1. The second-order valence-corrected chi connectivity index (χ2v) is 5.66. The van der Waals surface area contributed by atoms with Gasteiger partial charge >= 0.3 is 0 Å². The Bertz CT molecular complexity index is 395. The van der Waals surface area contributed by atoms with Crippen LogP contribution in [0.1, 0.15) is 36.0 Å². The van der Waals surface area contributed by atoms with E-state index in [1.165, 1.54) is 38.0 Å². The van der Waals surface area contributed by atoms with Gasteiger partial charge in [0.2, 0.25) is 0 Å². The van der Waals surface area contributed by atoms with Gasteiger partial charge in [0.1, 0.15) is 0 Å². The van der Waals surface area contributed by atoms with Gasteiger partial charge in [0.25, 0.3) is 0 Å². The van der Waals surface area contributed by atoms with Gasteiger partial charge < -0.3 is 15.7 Å². The van der Waals surface area contributed by atoms with Crippen LogP contribution in [0, 0.1) is 5.92 Å². The van der Waals surface area contributed by atoms with E-state index in [2.05, 4.69) is 17.0 Å². The molecule has 3 aliphatic heterocycles. The van der Waals surface area contributed by atoms with Gasteiger partial charge in [-0.25, -0.2) is 0 Å². The van der Waals surface area contributed by atoms with Gasteiger partial charge in [-0.2, -0.15) is 0 Å². The normalized spacial score (nSPS) is 32.4. The van der Waals surface area contributed by atoms with Crippen molar-refractivity contribution in [3.63, 3.8) is 0 Å². The van der Waals surface area contributed by atoms with Crippen LogP contribution >= 0.6 is 0 Å². The molecule has 0 amide bonds. The van der Waals surface area contributed by atoms with Crippen LogP contribution in [0.25, 0.3) is 0 Å². The molecule has 18 heavy (non-hydrogen) atoms. The Morgan fingerprint density at radius 3 is 2.39 bits per heavy atom. The maximum absolute atomic E-state index is 9.70. The maximum atomic E-state index is 9.70. The van der Waals surface area contributed by atoms with Crippen LogP contribution < -0.4 is 5.73 Å². The van der Waals surface area contributed by atoms with Crippen molar-refractivity contribution in [2.24, 2.45) is 11.7 Å². The van der Waals surface area contributed by atoms with Crippen LogP contribution in [0.15, 0.2) is 24.3 Å². The van der Waals surface area contributed by atoms with E-state index >= 15 is 0 Å². The van der Waals surface area contributed by atoms with Crippen LogP contribution in [0.4, 0.5) is 0 Å². The van der Waals surface area contributed by atoms with E-state index < -0.39 is 6.10 Å². The Balaban J connectivity index is 1.76. The molecule has 3 aliphatic rings. The molecule has 2 atom stereocenters. The average molecular weight is 246 g/mol. The van der Waals surface area contributed by atoms with Crippen molar-refractivity contribution in [1.82, 2.24) is 4.90 Å². The van der Waals surface area contributed by atoms with Gasteiger partial charge in [-0.1, -0.05) is 24.3 Å². The first-order chi connectivity index (χ1) is 8.78. The highest BCUT2D eigenvalue weighted by atomic mass is 16.3. The van der Waals surface area contributed by atoms with Crippen molar-refractivity contribution in [1.29, 1.82) is 0 Å². The summed E-state index contributed by atoms with van der Waals surface area (Å²) < 4.78 is 0. The summed E-state index contributed by atoms with van der Waals surface area (Å²) in [4.78, 5) is 2.58. The van der Waals surface area contributed by atoms with E-state index in [1.807, 2.05) is 12.1 Å². The van der Waals surface area contributed by atoms with Gasteiger partial charge in [-0.3, -0.25) is 0 Å². The molecule has 3 fully saturated rings. The Morgan fingerprint density at radius 2 is 1.89 bits per heavy atom. The molecule has 3 heterocycles. The summed E-state index contributed by atoms with van der Waals surface area (Å²) >= 11 is 0. The molecule has 1 aromatic rings. The van der Waals surface area contributed by atoms with E-state index in [4.69, 9.17) is 5.73 Å². The fourth-order valence-electron chi connectivity index (χ4n) is 3.44. The van der Waals surface area contributed by atoms with Crippen molar-refractivity contribution in [2.45, 2.75) is 24.9 Å². The highest BCUT2D eigenvalue weighted by Crippen LogP contribution is 2.38. The quantitative estimate of drug-likeness (QED) is 0.849. The number of nitrogens with two attached hydrogens (primary N) is 1. The number of aliphatic hydroxyl groups excluding tert-OH is 1. The third-order valence-corrected chi connectivity index (χ3v) is 4.63. The van der Waals surface area contributed by atoms with Crippen molar-refractivity contribution >= 4 is 0 Å². The standard InChI is InChI=1S/C15H22N2O/c16-9-15(18)13-3-1-11(2-4-13)14-10-17-7-5-12(14)6-8-17/h1-4,12,14-15,18H,5-10,16H2. The Kier molecular flexibility index (Phi) is 3.37. The average Bonchev–Trinajstić information content (AvgIpc) is 2.48. The van der Waals surface area contributed by atoms with E-state index in [9.17, 15) is 5.11 Å². The zero-order valence-electron chi connectivity index (χ0n) is 10.8. The number of hydrogen-bond donors (Lipinski definition) is 2. The molecule has 2 bridgehead atoms. The van der Waals surface area contributed by atoms with Crippen LogP contribution in [0.2, 0.25) is 0 Å². The summed E-state index contributed by atoms with van der Waals surface area (Å²) in [6.07, 6.45) is 2.17. The molecule has 2 unspecified atom stereocenters. The molecule has 3 N–H and O–H groups in total. The zero-order valence-corrected chi connectivity index (χ0v) is 10.8. The fraction of sp³-hybridized carbons (Fsp3) is 0.600. The van der Waals surface area contributed by atoms with Gasteiger partial charge in [0.05, 0.1) is 6.10 Å². The maximum Gasteiger partial charge on any atom is 0.0912 e. The number of hydrogen-bond acceptors (Lipinski definition) is 3. The highest BCUT2D eigenvalue weighted by molar-refractivity contribution is 5.28. The lowest BCUT2D eigenvalue weighted by Gasteiger charge is -2.45. The summed E-state index contributed by atoms with van der Waals surface area (Å²) in [7, 11) is 0. The zero-order chi connectivity index (χ0) is 12.5. The Hall–Kier alpha value is -0.900. The summed E-state index contributed by atoms with van der Waals surface area (Å²) in [5.74, 6) is 1.55. The summed E-state index contributed by atoms with van der Waals surface area (Å²) in [5.41, 5.74) is 7.84. The fourth-order valence-corrected chi connectivity index (χ4v) is 3.44. The first-order valence-electron chi connectivity index (χ1n) is 6.98. The minimum Gasteiger partial charge on any atom is -0.387 e. The Labute approximate surface area is 109 Å². The van der Waals surface area contributed by atoms with Gasteiger partial charge in [0.15, 0.2) is 0 Å². The van der Waals surface area contributed by atoms with Gasteiger partial charge in [0, 0.05) is 13.1 Å². The van der Waals surface area contributed by atoms with Crippen LogP contribution in [0.5, 0.6) is 0 Å². The van der Waals surface area contributed by atoms with Crippen molar-refractivity contribution in [3.8, 4) is 0 Å². The first kappa shape index (κ1) is 12.2. The monoisotopic (exact) mass is 246 g/mol. The third kappa shape index (κ3) is 2.18.